The minimum Gasteiger partial charge on any atom is -0.363 e. The van der Waals surface area contributed by atoms with Crippen molar-refractivity contribution in [2.45, 2.75) is 19.1 Å². The Balaban J connectivity index is 1.72. The summed E-state index contributed by atoms with van der Waals surface area (Å²) in [5, 5.41) is 10.7. The van der Waals surface area contributed by atoms with Gasteiger partial charge in [-0.15, -0.1) is 0 Å². The van der Waals surface area contributed by atoms with Crippen molar-refractivity contribution in [3.63, 3.8) is 0 Å². The fraction of sp³-hybridized carbons (Fsp3) is 0.278. The van der Waals surface area contributed by atoms with Crippen molar-refractivity contribution < 1.29 is 14.5 Å². The van der Waals surface area contributed by atoms with Crippen LogP contribution >= 0.6 is 0 Å². The second-order valence-electron chi connectivity index (χ2n) is 5.82. The number of non-ortho nitro benzene ring substituents is 1. The van der Waals surface area contributed by atoms with Crippen molar-refractivity contribution in [1.82, 2.24) is 4.90 Å². The highest BCUT2D eigenvalue weighted by Gasteiger charge is 2.29. The summed E-state index contributed by atoms with van der Waals surface area (Å²) in [6.45, 7) is 0.900. The molecule has 0 aliphatic carbocycles. The van der Waals surface area contributed by atoms with E-state index < -0.39 is 11.0 Å². The Bertz CT molecular complexity index is 758. The highest BCUT2D eigenvalue weighted by molar-refractivity contribution is 5.82. The molecule has 0 aromatic heterocycles. The number of nitro benzene ring substituents is 1. The number of hydrogen-bond acceptors (Lipinski definition) is 4. The van der Waals surface area contributed by atoms with E-state index in [1.54, 1.807) is 24.1 Å². The van der Waals surface area contributed by atoms with Crippen LogP contribution in [0, 0.1) is 10.1 Å². The third kappa shape index (κ3) is 3.28. The molecular weight excluding hydrogens is 308 g/mol. The first kappa shape index (κ1) is 16.1. The highest BCUT2D eigenvalue weighted by Crippen LogP contribution is 2.28. The molecule has 124 valence electrons. The molecule has 1 aliphatic heterocycles. The molecular formula is C18H18N2O4. The number of benzene rings is 2. The summed E-state index contributed by atoms with van der Waals surface area (Å²) >= 11 is 0. The molecule has 2 aromatic rings. The Morgan fingerprint density at radius 2 is 1.96 bits per heavy atom. The summed E-state index contributed by atoms with van der Waals surface area (Å²) in [6, 6.07) is 14.0. The average molecular weight is 326 g/mol. The van der Waals surface area contributed by atoms with Crippen molar-refractivity contribution in [3.05, 3.63) is 75.3 Å². The van der Waals surface area contributed by atoms with Gasteiger partial charge in [-0.3, -0.25) is 14.9 Å². The molecule has 1 heterocycles. The molecule has 0 saturated carbocycles. The Morgan fingerprint density at radius 3 is 2.67 bits per heavy atom. The maximum atomic E-state index is 12.7. The van der Waals surface area contributed by atoms with Crippen molar-refractivity contribution in [1.29, 1.82) is 0 Å². The molecule has 0 radical (unpaired) electrons. The summed E-state index contributed by atoms with van der Waals surface area (Å²) in [7, 11) is 1.71. The van der Waals surface area contributed by atoms with Crippen molar-refractivity contribution in [3.8, 4) is 0 Å². The van der Waals surface area contributed by atoms with Gasteiger partial charge in [0.2, 0.25) is 0 Å². The van der Waals surface area contributed by atoms with E-state index in [-0.39, 0.29) is 11.6 Å². The summed E-state index contributed by atoms with van der Waals surface area (Å²) in [5.41, 5.74) is 2.94. The second kappa shape index (κ2) is 6.80. The summed E-state index contributed by atoms with van der Waals surface area (Å²) in [5.74, 6) is -0.111. The molecule has 0 fully saturated rings. The number of likely N-dealkylation sites (N-methyl/N-ethyl adjacent to an activating group) is 1. The average Bonchev–Trinajstić information content (AvgIpc) is 2.61. The zero-order chi connectivity index (χ0) is 17.1. The Morgan fingerprint density at radius 1 is 1.25 bits per heavy atom. The number of amides is 1. The van der Waals surface area contributed by atoms with Crippen LogP contribution in [0.4, 0.5) is 5.69 Å². The van der Waals surface area contributed by atoms with Crippen LogP contribution in [0.5, 0.6) is 0 Å². The van der Waals surface area contributed by atoms with Crippen LogP contribution in [0.2, 0.25) is 0 Å². The number of rotatable bonds is 4. The summed E-state index contributed by atoms with van der Waals surface area (Å²) in [4.78, 5) is 24.6. The van der Waals surface area contributed by atoms with Gasteiger partial charge in [0.15, 0.2) is 6.10 Å². The quantitative estimate of drug-likeness (QED) is 0.640. The van der Waals surface area contributed by atoms with E-state index in [4.69, 9.17) is 4.74 Å². The lowest BCUT2D eigenvalue weighted by molar-refractivity contribution is -0.384. The van der Waals surface area contributed by atoms with Gasteiger partial charge in [0.1, 0.15) is 0 Å². The number of hydrogen-bond donors (Lipinski definition) is 0. The van der Waals surface area contributed by atoms with Gasteiger partial charge in [-0.05, 0) is 23.1 Å². The van der Waals surface area contributed by atoms with E-state index >= 15 is 0 Å². The lowest BCUT2D eigenvalue weighted by atomic mass is 9.97. The minimum absolute atomic E-state index is 0.0391. The maximum Gasteiger partial charge on any atom is 0.269 e. The number of fused-ring (bicyclic) bond motifs is 1. The molecule has 1 aliphatic rings. The second-order valence-corrected chi connectivity index (χ2v) is 5.82. The van der Waals surface area contributed by atoms with Gasteiger partial charge in [-0.1, -0.05) is 36.4 Å². The fourth-order valence-corrected chi connectivity index (χ4v) is 2.87. The van der Waals surface area contributed by atoms with Crippen molar-refractivity contribution >= 4 is 11.6 Å². The van der Waals surface area contributed by atoms with Gasteiger partial charge in [0, 0.05) is 25.7 Å². The summed E-state index contributed by atoms with van der Waals surface area (Å²) in [6.07, 6.45) is 0.226. The largest absolute Gasteiger partial charge is 0.363 e. The lowest BCUT2D eigenvalue weighted by Crippen LogP contribution is -2.35. The topological polar surface area (TPSA) is 72.7 Å². The zero-order valence-electron chi connectivity index (χ0n) is 13.3. The smallest absolute Gasteiger partial charge is 0.269 e. The Labute approximate surface area is 139 Å². The van der Waals surface area contributed by atoms with Crippen LogP contribution < -0.4 is 0 Å². The van der Waals surface area contributed by atoms with Gasteiger partial charge in [0.25, 0.3) is 11.6 Å². The van der Waals surface area contributed by atoms with Crippen molar-refractivity contribution in [2.24, 2.45) is 0 Å². The number of carbonyl (C=O) groups is 1. The number of ether oxygens (including phenoxy) is 1. The van der Waals surface area contributed by atoms with Crippen molar-refractivity contribution in [2.75, 3.05) is 13.7 Å². The van der Waals surface area contributed by atoms with Crippen LogP contribution in [0.15, 0.2) is 48.5 Å². The van der Waals surface area contributed by atoms with E-state index in [0.717, 1.165) is 23.1 Å². The molecule has 1 amide bonds. The first-order valence-corrected chi connectivity index (χ1v) is 7.74. The van der Waals surface area contributed by atoms with E-state index in [0.29, 0.717) is 13.2 Å². The minimum atomic E-state index is -0.585. The SMILES string of the molecule is CN(Cc1ccc([N+](=O)[O-])cc1)C(=O)[C@@H]1OCCc2ccccc21. The molecule has 24 heavy (non-hydrogen) atoms. The molecule has 0 N–H and O–H groups in total. The lowest BCUT2D eigenvalue weighted by Gasteiger charge is -2.29. The van der Waals surface area contributed by atoms with E-state index in [2.05, 4.69) is 0 Å². The molecule has 1 atom stereocenters. The van der Waals surface area contributed by atoms with Crippen LogP contribution in [0.3, 0.4) is 0 Å². The first-order valence-electron chi connectivity index (χ1n) is 7.74. The zero-order valence-corrected chi connectivity index (χ0v) is 13.3. The molecule has 2 aromatic carbocycles. The normalized spacial score (nSPS) is 16.3. The molecule has 6 nitrogen and oxygen atoms in total. The first-order chi connectivity index (χ1) is 11.6. The molecule has 0 unspecified atom stereocenters. The van der Waals surface area contributed by atoms with E-state index in [1.807, 2.05) is 24.3 Å². The molecule has 0 bridgehead atoms. The molecule has 0 spiro atoms. The van der Waals surface area contributed by atoms with Crippen LogP contribution in [0.1, 0.15) is 22.8 Å². The van der Waals surface area contributed by atoms with Gasteiger partial charge >= 0.3 is 0 Å². The van der Waals surface area contributed by atoms with Crippen LogP contribution in [0.25, 0.3) is 0 Å². The predicted octanol–water partition coefficient (Wildman–Crippen LogP) is 2.87. The number of nitro groups is 1. The Hall–Kier alpha value is -2.73. The van der Waals surface area contributed by atoms with Crippen LogP contribution in [-0.2, 0) is 22.5 Å². The number of carbonyl (C=O) groups excluding carboxylic acids is 1. The van der Waals surface area contributed by atoms with E-state index in [9.17, 15) is 14.9 Å². The monoisotopic (exact) mass is 326 g/mol. The molecule has 6 heteroatoms. The maximum absolute atomic E-state index is 12.7. The standard InChI is InChI=1S/C18H18N2O4/c1-19(12-13-6-8-15(9-7-13)20(22)23)18(21)17-16-5-3-2-4-14(16)10-11-24-17/h2-9,17H,10-12H2,1H3/t17-/m1/s1. The fourth-order valence-electron chi connectivity index (χ4n) is 2.87. The molecule has 3 rings (SSSR count). The van der Waals surface area contributed by atoms with Gasteiger partial charge in [-0.2, -0.15) is 0 Å². The highest BCUT2D eigenvalue weighted by atomic mass is 16.6. The third-order valence-corrected chi connectivity index (χ3v) is 4.16. The van der Waals surface area contributed by atoms with E-state index in [1.165, 1.54) is 12.1 Å². The van der Waals surface area contributed by atoms with Crippen LogP contribution in [-0.4, -0.2) is 29.4 Å². The third-order valence-electron chi connectivity index (χ3n) is 4.16. The predicted molar refractivity (Wildman–Crippen MR) is 88.4 cm³/mol. The number of nitrogens with zero attached hydrogens (tertiary/aromatic N) is 2. The van der Waals surface area contributed by atoms with Gasteiger partial charge < -0.3 is 9.64 Å². The van der Waals surface area contributed by atoms with Gasteiger partial charge in [-0.25, -0.2) is 0 Å². The van der Waals surface area contributed by atoms with Gasteiger partial charge in [0.05, 0.1) is 11.5 Å². The molecule has 0 saturated heterocycles. The summed E-state index contributed by atoms with van der Waals surface area (Å²) < 4.78 is 5.70. The Kier molecular flexibility index (Phi) is 4.57.